The van der Waals surface area contributed by atoms with Gasteiger partial charge in [0, 0.05) is 11.5 Å². The Balaban J connectivity index is 2.09. The van der Waals surface area contributed by atoms with E-state index < -0.39 is 0 Å². The molecule has 0 bridgehead atoms. The molecule has 0 saturated heterocycles. The van der Waals surface area contributed by atoms with Crippen LogP contribution in [-0.2, 0) is 6.42 Å². The molecule has 0 aromatic heterocycles. The first kappa shape index (κ1) is 12.5. The summed E-state index contributed by atoms with van der Waals surface area (Å²) in [5.74, 6) is -0.305. The van der Waals surface area contributed by atoms with Gasteiger partial charge in [-0.05, 0) is 24.1 Å². The molecule has 0 amide bonds. The highest BCUT2D eigenvalue weighted by molar-refractivity contribution is 5.97. The van der Waals surface area contributed by atoms with E-state index in [0.717, 1.165) is 5.56 Å². The van der Waals surface area contributed by atoms with Crippen molar-refractivity contribution < 1.29 is 9.18 Å². The Morgan fingerprint density at radius 1 is 1.11 bits per heavy atom. The third-order valence-electron chi connectivity index (χ3n) is 2.94. The fourth-order valence-corrected chi connectivity index (χ4v) is 2.00. The molecule has 0 N–H and O–H groups in total. The summed E-state index contributed by atoms with van der Waals surface area (Å²) in [6.45, 7) is 1.88. The van der Waals surface area contributed by atoms with E-state index in [0.29, 0.717) is 12.0 Å². The van der Waals surface area contributed by atoms with Gasteiger partial charge < -0.3 is 0 Å². The maximum atomic E-state index is 13.1. The number of hydrogen-bond acceptors (Lipinski definition) is 1. The van der Waals surface area contributed by atoms with Crippen LogP contribution >= 0.6 is 0 Å². The van der Waals surface area contributed by atoms with Crippen molar-refractivity contribution in [2.24, 2.45) is 5.92 Å². The van der Waals surface area contributed by atoms with Crippen LogP contribution in [0.1, 0.15) is 22.8 Å². The van der Waals surface area contributed by atoms with Crippen LogP contribution in [0.15, 0.2) is 54.6 Å². The minimum atomic E-state index is -0.258. The van der Waals surface area contributed by atoms with E-state index in [1.807, 2.05) is 43.3 Å². The van der Waals surface area contributed by atoms with Crippen LogP contribution in [0.3, 0.4) is 0 Å². The fraction of sp³-hybridized carbons (Fsp3) is 0.188. The van der Waals surface area contributed by atoms with Crippen molar-refractivity contribution in [3.05, 3.63) is 71.5 Å². The van der Waals surface area contributed by atoms with Crippen LogP contribution < -0.4 is 0 Å². The van der Waals surface area contributed by atoms with Gasteiger partial charge in [0.25, 0.3) is 0 Å². The number of hydrogen-bond donors (Lipinski definition) is 0. The molecular formula is C16H15FO. The molecule has 2 aromatic rings. The van der Waals surface area contributed by atoms with Crippen LogP contribution in [0.25, 0.3) is 0 Å². The highest BCUT2D eigenvalue weighted by Gasteiger charge is 2.15. The molecule has 0 aliphatic rings. The van der Waals surface area contributed by atoms with E-state index in [9.17, 15) is 9.18 Å². The van der Waals surface area contributed by atoms with E-state index in [4.69, 9.17) is 0 Å². The third kappa shape index (κ3) is 3.04. The Labute approximate surface area is 106 Å². The molecule has 2 aromatic carbocycles. The van der Waals surface area contributed by atoms with Crippen molar-refractivity contribution in [1.82, 2.24) is 0 Å². The molecule has 0 spiro atoms. The molecule has 1 unspecified atom stereocenters. The molecular weight excluding hydrogens is 227 g/mol. The molecule has 0 saturated carbocycles. The highest BCUT2D eigenvalue weighted by Crippen LogP contribution is 2.15. The molecule has 18 heavy (non-hydrogen) atoms. The molecule has 0 fully saturated rings. The number of halogens is 1. The SMILES string of the molecule is CC(Cc1cccc(F)c1)C(=O)c1ccccc1. The lowest BCUT2D eigenvalue weighted by Gasteiger charge is -2.10. The molecule has 2 heteroatoms. The van der Waals surface area contributed by atoms with Crippen molar-refractivity contribution in [2.45, 2.75) is 13.3 Å². The summed E-state index contributed by atoms with van der Waals surface area (Å²) in [6.07, 6.45) is 0.561. The minimum absolute atomic E-state index is 0.0971. The molecule has 2 rings (SSSR count). The lowest BCUT2D eigenvalue weighted by molar-refractivity contribution is 0.0929. The fourth-order valence-electron chi connectivity index (χ4n) is 2.00. The van der Waals surface area contributed by atoms with Crippen LogP contribution in [0.5, 0.6) is 0 Å². The summed E-state index contributed by atoms with van der Waals surface area (Å²) in [6, 6.07) is 15.6. The second-order valence-electron chi connectivity index (χ2n) is 4.47. The molecule has 1 atom stereocenters. The van der Waals surface area contributed by atoms with Crippen molar-refractivity contribution in [3.8, 4) is 0 Å². The lowest BCUT2D eigenvalue weighted by atomic mass is 9.93. The van der Waals surface area contributed by atoms with Crippen molar-refractivity contribution in [3.63, 3.8) is 0 Å². The Hall–Kier alpha value is -1.96. The van der Waals surface area contributed by atoms with Crippen LogP contribution in [0.2, 0.25) is 0 Å². The Bertz CT molecular complexity index is 534. The number of Topliss-reactive ketones (excluding diaryl/α,β-unsaturated/α-hetero) is 1. The normalized spacial score (nSPS) is 12.1. The summed E-state index contributed by atoms with van der Waals surface area (Å²) < 4.78 is 13.1. The third-order valence-corrected chi connectivity index (χ3v) is 2.94. The summed E-state index contributed by atoms with van der Waals surface area (Å²) >= 11 is 0. The topological polar surface area (TPSA) is 17.1 Å². The Morgan fingerprint density at radius 2 is 1.83 bits per heavy atom. The van der Waals surface area contributed by atoms with Gasteiger partial charge in [-0.3, -0.25) is 4.79 Å². The average molecular weight is 242 g/mol. The first-order valence-electron chi connectivity index (χ1n) is 6.00. The van der Waals surface area contributed by atoms with E-state index >= 15 is 0 Å². The predicted molar refractivity (Wildman–Crippen MR) is 70.0 cm³/mol. The van der Waals surface area contributed by atoms with Crippen LogP contribution in [0.4, 0.5) is 4.39 Å². The van der Waals surface area contributed by atoms with E-state index in [2.05, 4.69) is 0 Å². The van der Waals surface area contributed by atoms with Crippen LogP contribution in [-0.4, -0.2) is 5.78 Å². The van der Waals surface area contributed by atoms with Gasteiger partial charge in [0.1, 0.15) is 5.82 Å². The molecule has 92 valence electrons. The Kier molecular flexibility index (Phi) is 3.88. The quantitative estimate of drug-likeness (QED) is 0.743. The van der Waals surface area contributed by atoms with Crippen molar-refractivity contribution in [2.75, 3.05) is 0 Å². The van der Waals surface area contributed by atoms with Crippen LogP contribution in [0, 0.1) is 11.7 Å². The second-order valence-corrected chi connectivity index (χ2v) is 4.47. The summed E-state index contributed by atoms with van der Waals surface area (Å²) in [7, 11) is 0. The zero-order valence-corrected chi connectivity index (χ0v) is 10.3. The van der Waals surface area contributed by atoms with Gasteiger partial charge >= 0.3 is 0 Å². The van der Waals surface area contributed by atoms with Gasteiger partial charge in [-0.15, -0.1) is 0 Å². The lowest BCUT2D eigenvalue weighted by Crippen LogP contribution is -2.13. The monoisotopic (exact) mass is 242 g/mol. The zero-order valence-electron chi connectivity index (χ0n) is 10.3. The molecule has 1 nitrogen and oxygen atoms in total. The van der Waals surface area contributed by atoms with Crippen molar-refractivity contribution >= 4 is 5.78 Å². The van der Waals surface area contributed by atoms with Gasteiger partial charge in [-0.2, -0.15) is 0 Å². The standard InChI is InChI=1S/C16H15FO/c1-12(10-13-6-5-9-15(17)11-13)16(18)14-7-3-2-4-8-14/h2-9,11-12H,10H2,1H3. The number of carbonyl (C=O) groups is 1. The maximum absolute atomic E-state index is 13.1. The van der Waals surface area contributed by atoms with Gasteiger partial charge in [-0.1, -0.05) is 49.4 Å². The van der Waals surface area contributed by atoms with E-state index in [1.54, 1.807) is 6.07 Å². The smallest absolute Gasteiger partial charge is 0.165 e. The maximum Gasteiger partial charge on any atom is 0.165 e. The van der Waals surface area contributed by atoms with Gasteiger partial charge in [0.15, 0.2) is 5.78 Å². The summed E-state index contributed by atoms with van der Waals surface area (Å²) in [5.41, 5.74) is 1.56. The molecule has 0 aliphatic heterocycles. The largest absolute Gasteiger partial charge is 0.294 e. The number of rotatable bonds is 4. The average Bonchev–Trinajstić information content (AvgIpc) is 2.39. The second kappa shape index (κ2) is 5.58. The van der Waals surface area contributed by atoms with E-state index in [-0.39, 0.29) is 17.5 Å². The minimum Gasteiger partial charge on any atom is -0.294 e. The molecule has 0 heterocycles. The predicted octanol–water partition coefficient (Wildman–Crippen LogP) is 3.89. The zero-order chi connectivity index (χ0) is 13.0. The van der Waals surface area contributed by atoms with Gasteiger partial charge in [0.2, 0.25) is 0 Å². The first-order chi connectivity index (χ1) is 8.66. The summed E-state index contributed by atoms with van der Waals surface area (Å²) in [4.78, 5) is 12.1. The number of ketones is 1. The number of benzene rings is 2. The van der Waals surface area contributed by atoms with Gasteiger partial charge in [-0.25, -0.2) is 4.39 Å². The highest BCUT2D eigenvalue weighted by atomic mass is 19.1. The molecule has 0 radical (unpaired) electrons. The van der Waals surface area contributed by atoms with Crippen molar-refractivity contribution in [1.29, 1.82) is 0 Å². The Morgan fingerprint density at radius 3 is 2.50 bits per heavy atom. The molecule has 0 aliphatic carbocycles. The summed E-state index contributed by atoms with van der Waals surface area (Å²) in [5, 5.41) is 0. The van der Waals surface area contributed by atoms with E-state index in [1.165, 1.54) is 12.1 Å². The number of carbonyl (C=O) groups excluding carboxylic acids is 1. The first-order valence-corrected chi connectivity index (χ1v) is 6.00. The van der Waals surface area contributed by atoms with Gasteiger partial charge in [0.05, 0.1) is 0 Å².